The van der Waals surface area contributed by atoms with Crippen LogP contribution in [0.4, 0.5) is 10.1 Å². The number of anilines is 1. The summed E-state index contributed by atoms with van der Waals surface area (Å²) >= 11 is 5.19. The van der Waals surface area contributed by atoms with E-state index in [1.165, 1.54) is 6.07 Å². The molecule has 2 aliphatic heterocycles. The van der Waals surface area contributed by atoms with Crippen molar-refractivity contribution < 1.29 is 13.9 Å². The summed E-state index contributed by atoms with van der Waals surface area (Å²) < 4.78 is 22.4. The summed E-state index contributed by atoms with van der Waals surface area (Å²) in [6.07, 6.45) is 1.83. The number of likely N-dealkylation sites (tertiary alicyclic amines) is 1. The van der Waals surface area contributed by atoms with Gasteiger partial charge in [-0.05, 0) is 43.3 Å². The van der Waals surface area contributed by atoms with Gasteiger partial charge in [0.25, 0.3) is 5.91 Å². The minimum atomic E-state index is -0.365. The lowest BCUT2D eigenvalue weighted by Crippen LogP contribution is -2.40. The topological polar surface area (TPSA) is 66.4 Å². The molecule has 7 nitrogen and oxygen atoms in total. The first kappa shape index (κ1) is 19.1. The molecular weight excluding hydrogens is 381 g/mol. The summed E-state index contributed by atoms with van der Waals surface area (Å²) in [6.45, 7) is 3.71. The van der Waals surface area contributed by atoms with Crippen LogP contribution >= 0.6 is 12.2 Å². The molecule has 0 saturated carbocycles. The zero-order valence-electron chi connectivity index (χ0n) is 15.9. The van der Waals surface area contributed by atoms with Gasteiger partial charge in [-0.1, -0.05) is 0 Å². The highest BCUT2D eigenvalue weighted by atomic mass is 32.1. The van der Waals surface area contributed by atoms with Crippen LogP contribution < -0.4 is 4.90 Å². The number of aromatic amines is 1. The molecule has 3 heterocycles. The number of ether oxygens (including phenoxy) is 1. The average Bonchev–Trinajstić information content (AvgIpc) is 3.06. The van der Waals surface area contributed by atoms with E-state index in [-0.39, 0.29) is 17.6 Å². The van der Waals surface area contributed by atoms with Gasteiger partial charge in [-0.15, -0.1) is 0 Å². The van der Waals surface area contributed by atoms with Crippen LogP contribution in [-0.4, -0.2) is 65.0 Å². The molecule has 1 amide bonds. The molecular formula is C19H24FN5O2S. The summed E-state index contributed by atoms with van der Waals surface area (Å²) in [7, 11) is 1.88. The van der Waals surface area contributed by atoms with E-state index in [1.807, 2.05) is 16.5 Å². The summed E-state index contributed by atoms with van der Waals surface area (Å²) in [5, 5.41) is 7.12. The molecule has 4 rings (SSSR count). The standard InChI is InChI=1S/C19H24FN5O2S/c1-23-17(21-22-19(23)28)14-3-2-6-25(12-14)18(26)13-4-5-16(15(20)11-13)24-7-9-27-10-8-24/h4-5,11,14H,2-3,6-10,12H2,1H3,(H,22,28). The lowest BCUT2D eigenvalue weighted by atomic mass is 9.96. The van der Waals surface area contributed by atoms with Crippen molar-refractivity contribution in [2.24, 2.45) is 7.05 Å². The third-order valence-electron chi connectivity index (χ3n) is 5.53. The van der Waals surface area contributed by atoms with Crippen molar-refractivity contribution in [3.8, 4) is 0 Å². The highest BCUT2D eigenvalue weighted by molar-refractivity contribution is 7.71. The van der Waals surface area contributed by atoms with Crippen LogP contribution in [-0.2, 0) is 11.8 Å². The van der Waals surface area contributed by atoms with Crippen molar-refractivity contribution in [1.29, 1.82) is 0 Å². The third-order valence-corrected chi connectivity index (χ3v) is 5.90. The lowest BCUT2D eigenvalue weighted by Gasteiger charge is -2.32. The number of rotatable bonds is 3. The Morgan fingerprint density at radius 2 is 2.11 bits per heavy atom. The molecule has 2 saturated heterocycles. The summed E-state index contributed by atoms with van der Waals surface area (Å²) in [4.78, 5) is 16.7. The number of aromatic nitrogens is 3. The minimum absolute atomic E-state index is 0.119. The van der Waals surface area contributed by atoms with E-state index in [0.717, 1.165) is 18.7 Å². The molecule has 2 aromatic rings. The van der Waals surface area contributed by atoms with E-state index in [0.29, 0.717) is 55.4 Å². The van der Waals surface area contributed by atoms with Crippen molar-refractivity contribution in [2.75, 3.05) is 44.3 Å². The van der Waals surface area contributed by atoms with Gasteiger partial charge in [0.15, 0.2) is 4.77 Å². The number of carbonyl (C=O) groups excluding carboxylic acids is 1. The predicted molar refractivity (Wildman–Crippen MR) is 106 cm³/mol. The van der Waals surface area contributed by atoms with E-state index in [9.17, 15) is 9.18 Å². The van der Waals surface area contributed by atoms with E-state index < -0.39 is 0 Å². The predicted octanol–water partition coefficient (Wildman–Crippen LogP) is 2.47. The molecule has 0 spiro atoms. The van der Waals surface area contributed by atoms with Crippen LogP contribution in [0.5, 0.6) is 0 Å². The van der Waals surface area contributed by atoms with Crippen molar-refractivity contribution in [3.05, 3.63) is 40.2 Å². The van der Waals surface area contributed by atoms with Gasteiger partial charge in [0.05, 0.1) is 18.9 Å². The Morgan fingerprint density at radius 3 is 2.79 bits per heavy atom. The zero-order valence-corrected chi connectivity index (χ0v) is 16.7. The Morgan fingerprint density at radius 1 is 1.32 bits per heavy atom. The van der Waals surface area contributed by atoms with E-state index in [4.69, 9.17) is 17.0 Å². The largest absolute Gasteiger partial charge is 0.378 e. The Labute approximate surface area is 168 Å². The second-order valence-corrected chi connectivity index (χ2v) is 7.69. The maximum atomic E-state index is 14.7. The normalized spacial score (nSPS) is 20.4. The molecule has 150 valence electrons. The molecule has 0 aliphatic carbocycles. The fourth-order valence-corrected chi connectivity index (χ4v) is 4.12. The molecule has 1 atom stereocenters. The number of piperidine rings is 1. The number of benzene rings is 1. The summed E-state index contributed by atoms with van der Waals surface area (Å²) in [5.74, 6) is 0.467. The first-order chi connectivity index (χ1) is 13.5. The number of carbonyl (C=O) groups is 1. The molecule has 1 N–H and O–H groups in total. The first-order valence-electron chi connectivity index (χ1n) is 9.57. The van der Waals surface area contributed by atoms with Crippen LogP contribution in [0.2, 0.25) is 0 Å². The van der Waals surface area contributed by atoms with Gasteiger partial charge < -0.3 is 19.1 Å². The van der Waals surface area contributed by atoms with Crippen molar-refractivity contribution in [2.45, 2.75) is 18.8 Å². The smallest absolute Gasteiger partial charge is 0.253 e. The van der Waals surface area contributed by atoms with Crippen molar-refractivity contribution >= 4 is 23.8 Å². The maximum Gasteiger partial charge on any atom is 0.253 e. The number of halogens is 1. The molecule has 1 aromatic heterocycles. The monoisotopic (exact) mass is 405 g/mol. The Bertz CT molecular complexity index is 921. The molecule has 1 aromatic carbocycles. The SMILES string of the molecule is Cn1c(C2CCCN(C(=O)c3ccc(N4CCOCC4)c(F)c3)C2)n[nH]c1=S. The third kappa shape index (κ3) is 3.68. The fourth-order valence-electron chi connectivity index (χ4n) is 3.98. The number of hydrogen-bond acceptors (Lipinski definition) is 5. The van der Waals surface area contributed by atoms with Crippen LogP contribution in [0.1, 0.15) is 34.9 Å². The lowest BCUT2D eigenvalue weighted by molar-refractivity contribution is 0.0703. The van der Waals surface area contributed by atoms with Crippen molar-refractivity contribution in [1.82, 2.24) is 19.7 Å². The molecule has 28 heavy (non-hydrogen) atoms. The van der Waals surface area contributed by atoms with Gasteiger partial charge in [0.2, 0.25) is 0 Å². The highest BCUT2D eigenvalue weighted by Crippen LogP contribution is 2.27. The second-order valence-electron chi connectivity index (χ2n) is 7.30. The van der Waals surface area contributed by atoms with Crippen molar-refractivity contribution in [3.63, 3.8) is 0 Å². The number of amides is 1. The minimum Gasteiger partial charge on any atom is -0.378 e. The van der Waals surface area contributed by atoms with Gasteiger partial charge >= 0.3 is 0 Å². The highest BCUT2D eigenvalue weighted by Gasteiger charge is 2.28. The van der Waals surface area contributed by atoms with Crippen LogP contribution in [0.3, 0.4) is 0 Å². The molecule has 0 radical (unpaired) electrons. The zero-order chi connectivity index (χ0) is 19.7. The number of hydrogen-bond donors (Lipinski definition) is 1. The Hall–Kier alpha value is -2.26. The molecule has 1 unspecified atom stereocenters. The summed E-state index contributed by atoms with van der Waals surface area (Å²) in [6, 6.07) is 4.77. The number of morpholine rings is 1. The van der Waals surface area contributed by atoms with Gasteiger partial charge in [-0.25, -0.2) is 4.39 Å². The van der Waals surface area contributed by atoms with Gasteiger partial charge in [0.1, 0.15) is 11.6 Å². The van der Waals surface area contributed by atoms with Crippen LogP contribution in [0.15, 0.2) is 18.2 Å². The Kier molecular flexibility index (Phi) is 5.45. The maximum absolute atomic E-state index is 14.7. The van der Waals surface area contributed by atoms with E-state index in [1.54, 1.807) is 17.0 Å². The number of nitrogens with zero attached hydrogens (tertiary/aromatic N) is 4. The van der Waals surface area contributed by atoms with Crippen LogP contribution in [0, 0.1) is 10.6 Å². The Balaban J connectivity index is 1.50. The van der Waals surface area contributed by atoms with Gasteiger partial charge in [-0.3, -0.25) is 9.89 Å². The quantitative estimate of drug-likeness (QED) is 0.795. The van der Waals surface area contributed by atoms with Gasteiger partial charge in [-0.2, -0.15) is 5.10 Å². The molecule has 0 bridgehead atoms. The first-order valence-corrected chi connectivity index (χ1v) is 9.98. The molecule has 2 aliphatic rings. The van der Waals surface area contributed by atoms with E-state index in [2.05, 4.69) is 10.2 Å². The molecule has 9 heteroatoms. The molecule has 2 fully saturated rings. The number of H-pyrrole nitrogens is 1. The second kappa shape index (κ2) is 8.00. The van der Waals surface area contributed by atoms with E-state index >= 15 is 0 Å². The fraction of sp³-hybridized carbons (Fsp3) is 0.526. The van der Waals surface area contributed by atoms with Crippen LogP contribution in [0.25, 0.3) is 0 Å². The summed E-state index contributed by atoms with van der Waals surface area (Å²) in [5.41, 5.74) is 0.906. The number of nitrogens with one attached hydrogen (secondary N) is 1. The van der Waals surface area contributed by atoms with Gasteiger partial charge in [0, 0.05) is 44.7 Å². The average molecular weight is 405 g/mol.